The van der Waals surface area contributed by atoms with Crippen molar-refractivity contribution in [2.75, 3.05) is 18.0 Å². The van der Waals surface area contributed by atoms with Crippen LogP contribution in [0, 0.1) is 6.92 Å². The first kappa shape index (κ1) is 13.9. The Morgan fingerprint density at radius 3 is 2.76 bits per heavy atom. The Morgan fingerprint density at radius 1 is 1.33 bits per heavy atom. The van der Waals surface area contributed by atoms with Gasteiger partial charge in [-0.05, 0) is 31.4 Å². The van der Waals surface area contributed by atoms with Crippen LogP contribution in [0.4, 0.5) is 5.82 Å². The molecule has 1 fully saturated rings. The van der Waals surface area contributed by atoms with E-state index in [0.29, 0.717) is 11.6 Å². The fraction of sp³-hybridized carbons (Fsp3) is 0.429. The summed E-state index contributed by atoms with van der Waals surface area (Å²) in [5.74, 6) is 0.826. The number of nitrogens with zero attached hydrogens (tertiary/aromatic N) is 4. The van der Waals surface area contributed by atoms with Gasteiger partial charge in [-0.3, -0.25) is 4.79 Å². The third-order valence-electron chi connectivity index (χ3n) is 3.41. The highest BCUT2D eigenvalue weighted by Crippen LogP contribution is 2.17. The molecule has 0 radical (unpaired) electrons. The van der Waals surface area contributed by atoms with Crippen LogP contribution in [0.15, 0.2) is 18.3 Å². The maximum atomic E-state index is 11.9. The molecule has 1 N–H and O–H groups in total. The van der Waals surface area contributed by atoms with Gasteiger partial charge in [-0.2, -0.15) is 0 Å². The summed E-state index contributed by atoms with van der Waals surface area (Å²) in [7, 11) is 0. The summed E-state index contributed by atoms with van der Waals surface area (Å²) in [4.78, 5) is 18.6. The summed E-state index contributed by atoms with van der Waals surface area (Å²) in [6.07, 6.45) is 4.29. The minimum atomic E-state index is -0.191. The summed E-state index contributed by atoms with van der Waals surface area (Å²) < 4.78 is 0. The lowest BCUT2D eigenvalue weighted by atomic mass is 10.2. The number of carbonyl (C=O) groups excluding carboxylic acids is 1. The highest BCUT2D eigenvalue weighted by molar-refractivity contribution is 7.13. The summed E-state index contributed by atoms with van der Waals surface area (Å²) in [5.41, 5.74) is 0.979. The zero-order chi connectivity index (χ0) is 14.7. The molecule has 0 saturated carbocycles. The molecule has 1 saturated heterocycles. The second kappa shape index (κ2) is 6.17. The van der Waals surface area contributed by atoms with Crippen molar-refractivity contribution >= 4 is 23.1 Å². The lowest BCUT2D eigenvalue weighted by Gasteiger charge is -2.16. The van der Waals surface area contributed by atoms with E-state index < -0.39 is 0 Å². The van der Waals surface area contributed by atoms with Crippen LogP contribution in [-0.2, 0) is 6.54 Å². The van der Waals surface area contributed by atoms with Crippen molar-refractivity contribution in [3.05, 3.63) is 33.9 Å². The number of carbonyl (C=O) groups is 1. The van der Waals surface area contributed by atoms with E-state index in [-0.39, 0.29) is 5.91 Å². The van der Waals surface area contributed by atoms with Crippen LogP contribution < -0.4 is 10.2 Å². The molecule has 1 aliphatic heterocycles. The van der Waals surface area contributed by atoms with E-state index in [0.717, 1.165) is 29.5 Å². The standard InChI is InChI=1S/C14H17N5OS/c1-10-17-18-14(21-10)13(20)16-9-11-4-5-12(15-8-11)19-6-2-3-7-19/h4-5,8H,2-3,6-7,9H2,1H3,(H,16,20). The van der Waals surface area contributed by atoms with Gasteiger partial charge in [-0.15, -0.1) is 10.2 Å². The van der Waals surface area contributed by atoms with Crippen molar-refractivity contribution in [3.8, 4) is 0 Å². The SMILES string of the molecule is Cc1nnc(C(=O)NCc2ccc(N3CCCC3)nc2)s1. The number of rotatable bonds is 4. The number of aromatic nitrogens is 3. The number of amides is 1. The molecule has 3 heterocycles. The van der Waals surface area contributed by atoms with Gasteiger partial charge >= 0.3 is 0 Å². The van der Waals surface area contributed by atoms with Crippen molar-refractivity contribution in [2.45, 2.75) is 26.3 Å². The molecule has 2 aromatic rings. The molecule has 0 aromatic carbocycles. The second-order valence-corrected chi connectivity index (χ2v) is 6.21. The molecule has 0 unspecified atom stereocenters. The van der Waals surface area contributed by atoms with Crippen LogP contribution >= 0.6 is 11.3 Å². The molecule has 6 nitrogen and oxygen atoms in total. The van der Waals surface area contributed by atoms with E-state index in [4.69, 9.17) is 0 Å². The average molecular weight is 303 g/mol. The molecule has 1 amide bonds. The Morgan fingerprint density at radius 2 is 2.14 bits per heavy atom. The zero-order valence-electron chi connectivity index (χ0n) is 11.9. The fourth-order valence-corrected chi connectivity index (χ4v) is 2.91. The molecule has 110 valence electrons. The van der Waals surface area contributed by atoms with E-state index in [9.17, 15) is 4.79 Å². The van der Waals surface area contributed by atoms with Gasteiger partial charge < -0.3 is 10.2 Å². The van der Waals surface area contributed by atoms with Gasteiger partial charge in [0.15, 0.2) is 0 Å². The van der Waals surface area contributed by atoms with Crippen LogP contribution in [0.5, 0.6) is 0 Å². The lowest BCUT2D eigenvalue weighted by Crippen LogP contribution is -2.23. The minimum Gasteiger partial charge on any atom is -0.357 e. The van der Waals surface area contributed by atoms with Crippen LogP contribution in [-0.4, -0.2) is 34.2 Å². The average Bonchev–Trinajstić information content (AvgIpc) is 3.16. The zero-order valence-corrected chi connectivity index (χ0v) is 12.7. The van der Waals surface area contributed by atoms with Gasteiger partial charge in [0.05, 0.1) is 0 Å². The van der Waals surface area contributed by atoms with E-state index in [1.54, 1.807) is 0 Å². The molecule has 2 aromatic heterocycles. The van der Waals surface area contributed by atoms with Crippen LogP contribution in [0.25, 0.3) is 0 Å². The summed E-state index contributed by atoms with van der Waals surface area (Å²) in [6, 6.07) is 4.02. The van der Waals surface area contributed by atoms with Crippen molar-refractivity contribution in [1.29, 1.82) is 0 Å². The first-order valence-electron chi connectivity index (χ1n) is 7.00. The second-order valence-electron chi connectivity index (χ2n) is 5.03. The molecule has 0 aliphatic carbocycles. The van der Waals surface area contributed by atoms with Gasteiger partial charge in [0.1, 0.15) is 10.8 Å². The molecule has 0 atom stereocenters. The summed E-state index contributed by atoms with van der Waals surface area (Å²) >= 11 is 1.29. The maximum absolute atomic E-state index is 11.9. The van der Waals surface area contributed by atoms with Gasteiger partial charge in [0.2, 0.25) is 5.01 Å². The Labute approximate surface area is 127 Å². The predicted octanol–water partition coefficient (Wildman–Crippen LogP) is 1.77. The topological polar surface area (TPSA) is 71.0 Å². The molecule has 0 spiro atoms. The van der Waals surface area contributed by atoms with Crippen LogP contribution in [0.1, 0.15) is 33.2 Å². The molecule has 7 heteroatoms. The van der Waals surface area contributed by atoms with E-state index >= 15 is 0 Å². The summed E-state index contributed by atoms with van der Waals surface area (Å²) in [6.45, 7) is 4.44. The molecular formula is C14H17N5OS. The first-order chi connectivity index (χ1) is 10.2. The highest BCUT2D eigenvalue weighted by atomic mass is 32.1. The van der Waals surface area contributed by atoms with Crippen molar-refractivity contribution in [1.82, 2.24) is 20.5 Å². The predicted molar refractivity (Wildman–Crippen MR) is 81.5 cm³/mol. The smallest absolute Gasteiger partial charge is 0.282 e. The number of hydrogen-bond donors (Lipinski definition) is 1. The third-order valence-corrected chi connectivity index (χ3v) is 4.25. The van der Waals surface area contributed by atoms with Gasteiger partial charge in [0, 0.05) is 25.8 Å². The quantitative estimate of drug-likeness (QED) is 0.932. The molecule has 0 bridgehead atoms. The Balaban J connectivity index is 1.56. The Kier molecular flexibility index (Phi) is 4.10. The van der Waals surface area contributed by atoms with Gasteiger partial charge in [-0.25, -0.2) is 4.98 Å². The number of hydrogen-bond acceptors (Lipinski definition) is 6. The number of aryl methyl sites for hydroxylation is 1. The van der Waals surface area contributed by atoms with Gasteiger partial charge in [-0.1, -0.05) is 17.4 Å². The largest absolute Gasteiger partial charge is 0.357 e. The highest BCUT2D eigenvalue weighted by Gasteiger charge is 2.13. The molecule has 3 rings (SSSR count). The summed E-state index contributed by atoms with van der Waals surface area (Å²) in [5, 5.41) is 11.7. The van der Waals surface area contributed by atoms with E-state index in [2.05, 4.69) is 25.4 Å². The van der Waals surface area contributed by atoms with Gasteiger partial charge in [0.25, 0.3) is 5.91 Å². The Hall–Kier alpha value is -2.02. The molecular weight excluding hydrogens is 286 g/mol. The fourth-order valence-electron chi connectivity index (χ4n) is 2.30. The number of pyridine rings is 1. The first-order valence-corrected chi connectivity index (χ1v) is 7.82. The van der Waals surface area contributed by atoms with Crippen molar-refractivity contribution < 1.29 is 4.79 Å². The van der Waals surface area contributed by atoms with E-state index in [1.807, 2.05) is 25.3 Å². The van der Waals surface area contributed by atoms with Crippen LogP contribution in [0.3, 0.4) is 0 Å². The van der Waals surface area contributed by atoms with Crippen LogP contribution in [0.2, 0.25) is 0 Å². The maximum Gasteiger partial charge on any atom is 0.282 e. The van der Waals surface area contributed by atoms with Crippen molar-refractivity contribution in [3.63, 3.8) is 0 Å². The number of nitrogens with one attached hydrogen (secondary N) is 1. The van der Waals surface area contributed by atoms with Crippen molar-refractivity contribution in [2.24, 2.45) is 0 Å². The molecule has 21 heavy (non-hydrogen) atoms. The third kappa shape index (κ3) is 3.36. The van der Waals surface area contributed by atoms with E-state index in [1.165, 1.54) is 24.2 Å². The Bertz CT molecular complexity index is 619. The monoisotopic (exact) mass is 303 g/mol. The lowest BCUT2D eigenvalue weighted by molar-refractivity contribution is 0.0950. The minimum absolute atomic E-state index is 0.191. The number of anilines is 1. The molecule has 1 aliphatic rings. The normalized spacial score (nSPS) is 14.4.